The van der Waals surface area contributed by atoms with Crippen LogP contribution in [0.3, 0.4) is 0 Å². The number of nitrogens with two attached hydrogens (primary N) is 1. The van der Waals surface area contributed by atoms with Gasteiger partial charge in [-0.3, -0.25) is 9.89 Å². The van der Waals surface area contributed by atoms with Crippen LogP contribution in [0.2, 0.25) is 0 Å². The smallest absolute Gasteiger partial charge is 0.193 e. The summed E-state index contributed by atoms with van der Waals surface area (Å²) in [5.41, 5.74) is 10.5. The fourth-order valence-corrected chi connectivity index (χ4v) is 5.88. The molecule has 0 radical (unpaired) electrons. The maximum atomic E-state index is 6.29. The first-order chi connectivity index (χ1) is 12.8. The van der Waals surface area contributed by atoms with Crippen molar-refractivity contribution < 1.29 is 4.74 Å². The number of aryl methyl sites for hydroxylation is 1. The van der Waals surface area contributed by atoms with Crippen LogP contribution in [0.5, 0.6) is 0 Å². The van der Waals surface area contributed by atoms with E-state index in [1.54, 1.807) is 0 Å². The van der Waals surface area contributed by atoms with Gasteiger partial charge in [-0.1, -0.05) is 12.1 Å². The quantitative estimate of drug-likeness (QED) is 0.626. The highest BCUT2D eigenvalue weighted by Gasteiger charge is 2.40. The molecule has 1 aliphatic carbocycles. The molecule has 1 unspecified atom stereocenters. The molecule has 5 nitrogen and oxygen atoms in total. The SMILES string of the molecule is NC(=NCC1(N2CCOCC2)CCSC1)Nc1cccc2c1CCCC2. The minimum Gasteiger partial charge on any atom is -0.379 e. The molecule has 1 aromatic carbocycles. The summed E-state index contributed by atoms with van der Waals surface area (Å²) < 4.78 is 5.54. The zero-order chi connectivity index (χ0) is 17.8. The highest BCUT2D eigenvalue weighted by molar-refractivity contribution is 7.99. The van der Waals surface area contributed by atoms with Gasteiger partial charge < -0.3 is 15.8 Å². The Kier molecular flexibility index (Phi) is 5.72. The summed E-state index contributed by atoms with van der Waals surface area (Å²) >= 11 is 2.04. The van der Waals surface area contributed by atoms with Gasteiger partial charge in [0.05, 0.1) is 25.3 Å². The Morgan fingerprint density at radius 3 is 2.92 bits per heavy atom. The Labute approximate surface area is 160 Å². The van der Waals surface area contributed by atoms with Gasteiger partial charge in [-0.2, -0.15) is 11.8 Å². The number of fused-ring (bicyclic) bond motifs is 1. The molecule has 2 aliphatic heterocycles. The second kappa shape index (κ2) is 8.19. The molecule has 2 saturated heterocycles. The first-order valence-electron chi connectivity index (χ1n) is 9.85. The fourth-order valence-electron chi connectivity index (χ4n) is 4.42. The first kappa shape index (κ1) is 18.1. The summed E-state index contributed by atoms with van der Waals surface area (Å²) in [7, 11) is 0. The lowest BCUT2D eigenvalue weighted by Crippen LogP contribution is -2.56. The highest BCUT2D eigenvalue weighted by atomic mass is 32.2. The predicted octanol–water partition coefficient (Wildman–Crippen LogP) is 2.50. The van der Waals surface area contributed by atoms with E-state index in [4.69, 9.17) is 15.5 Å². The van der Waals surface area contributed by atoms with Gasteiger partial charge in [0.2, 0.25) is 0 Å². The van der Waals surface area contributed by atoms with Crippen LogP contribution >= 0.6 is 11.8 Å². The van der Waals surface area contributed by atoms with Crippen LogP contribution in [0.1, 0.15) is 30.4 Å². The summed E-state index contributed by atoms with van der Waals surface area (Å²) in [6, 6.07) is 6.51. The van der Waals surface area contributed by atoms with E-state index in [1.165, 1.54) is 42.6 Å². The van der Waals surface area contributed by atoms with Gasteiger partial charge in [-0.15, -0.1) is 0 Å². The minimum atomic E-state index is 0.150. The van der Waals surface area contributed by atoms with E-state index in [0.717, 1.165) is 50.7 Å². The second-order valence-electron chi connectivity index (χ2n) is 7.60. The molecule has 3 N–H and O–H groups in total. The average Bonchev–Trinajstić information content (AvgIpc) is 3.18. The maximum absolute atomic E-state index is 6.29. The van der Waals surface area contributed by atoms with Crippen LogP contribution in [0.4, 0.5) is 5.69 Å². The molecule has 1 atom stereocenters. The Hall–Kier alpha value is -1.24. The molecular formula is C20H30N4OS. The van der Waals surface area contributed by atoms with Crippen molar-refractivity contribution in [1.29, 1.82) is 0 Å². The third-order valence-electron chi connectivity index (χ3n) is 5.97. The number of nitrogens with one attached hydrogen (secondary N) is 1. The van der Waals surface area contributed by atoms with E-state index in [1.807, 2.05) is 11.8 Å². The largest absolute Gasteiger partial charge is 0.379 e. The molecule has 0 amide bonds. The Balaban J connectivity index is 1.46. The summed E-state index contributed by atoms with van der Waals surface area (Å²) in [5.74, 6) is 2.91. The average molecular weight is 375 g/mol. The predicted molar refractivity (Wildman–Crippen MR) is 110 cm³/mol. The van der Waals surface area contributed by atoms with Crippen LogP contribution < -0.4 is 11.1 Å². The van der Waals surface area contributed by atoms with Crippen molar-refractivity contribution in [3.8, 4) is 0 Å². The number of hydrogen-bond acceptors (Lipinski definition) is 4. The van der Waals surface area contributed by atoms with Crippen molar-refractivity contribution in [1.82, 2.24) is 4.90 Å². The van der Waals surface area contributed by atoms with Crippen LogP contribution in [-0.4, -0.2) is 60.8 Å². The number of nitrogens with zero attached hydrogens (tertiary/aromatic N) is 2. The van der Waals surface area contributed by atoms with Gasteiger partial charge in [0, 0.05) is 24.5 Å². The lowest BCUT2D eigenvalue weighted by Gasteiger charge is -2.42. The number of benzene rings is 1. The molecular weight excluding hydrogens is 344 g/mol. The topological polar surface area (TPSA) is 62.9 Å². The molecule has 0 aromatic heterocycles. The third kappa shape index (κ3) is 3.87. The van der Waals surface area contributed by atoms with Gasteiger partial charge in [-0.05, 0) is 55.1 Å². The van der Waals surface area contributed by atoms with Crippen molar-refractivity contribution in [3.05, 3.63) is 29.3 Å². The molecule has 4 rings (SSSR count). The normalized spacial score (nSPS) is 27.3. The first-order valence-corrected chi connectivity index (χ1v) is 11.0. The number of ether oxygens (including phenoxy) is 1. The summed E-state index contributed by atoms with van der Waals surface area (Å²) in [5, 5.41) is 3.39. The van der Waals surface area contributed by atoms with Crippen molar-refractivity contribution in [2.45, 2.75) is 37.6 Å². The van der Waals surface area contributed by atoms with Gasteiger partial charge in [0.25, 0.3) is 0 Å². The van der Waals surface area contributed by atoms with Gasteiger partial charge in [-0.25, -0.2) is 0 Å². The standard InChI is InChI=1S/C20H30N4OS/c21-19(23-18-7-3-5-16-4-1-2-6-17(16)18)22-14-20(8-13-26-15-20)24-9-11-25-12-10-24/h3,5,7H,1-2,4,6,8-15H2,(H3,21,22,23). The van der Waals surface area contributed by atoms with Crippen molar-refractivity contribution >= 4 is 23.4 Å². The van der Waals surface area contributed by atoms with Gasteiger partial charge in [0.15, 0.2) is 5.96 Å². The Bertz CT molecular complexity index is 651. The number of hydrogen-bond donors (Lipinski definition) is 2. The number of morpholine rings is 1. The molecule has 1 aromatic rings. The van der Waals surface area contributed by atoms with E-state index >= 15 is 0 Å². The lowest BCUT2D eigenvalue weighted by molar-refractivity contribution is -0.0104. The van der Waals surface area contributed by atoms with Crippen molar-refractivity contribution in [2.75, 3.05) is 49.7 Å². The van der Waals surface area contributed by atoms with Gasteiger partial charge in [0.1, 0.15) is 0 Å². The number of aliphatic imine (C=N–C) groups is 1. The minimum absolute atomic E-state index is 0.150. The number of anilines is 1. The van der Waals surface area contributed by atoms with Crippen LogP contribution in [0.15, 0.2) is 23.2 Å². The third-order valence-corrected chi connectivity index (χ3v) is 7.20. The summed E-state index contributed by atoms with van der Waals surface area (Å²) in [6.07, 6.45) is 6.06. The van der Waals surface area contributed by atoms with Crippen molar-refractivity contribution in [3.63, 3.8) is 0 Å². The Morgan fingerprint density at radius 2 is 2.12 bits per heavy atom. The second-order valence-corrected chi connectivity index (χ2v) is 8.71. The monoisotopic (exact) mass is 374 g/mol. The van der Waals surface area contributed by atoms with E-state index in [9.17, 15) is 0 Å². The fraction of sp³-hybridized carbons (Fsp3) is 0.650. The van der Waals surface area contributed by atoms with E-state index < -0.39 is 0 Å². The van der Waals surface area contributed by atoms with Gasteiger partial charge >= 0.3 is 0 Å². The number of guanidine groups is 1. The van der Waals surface area contributed by atoms with E-state index in [2.05, 4.69) is 28.4 Å². The highest BCUT2D eigenvalue weighted by Crippen LogP contribution is 2.34. The number of thioether (sulfide) groups is 1. The molecule has 0 bridgehead atoms. The lowest BCUT2D eigenvalue weighted by atomic mass is 9.90. The molecule has 0 saturated carbocycles. The maximum Gasteiger partial charge on any atom is 0.193 e. The van der Waals surface area contributed by atoms with Crippen LogP contribution in [-0.2, 0) is 17.6 Å². The van der Waals surface area contributed by atoms with Crippen LogP contribution in [0.25, 0.3) is 0 Å². The molecule has 2 fully saturated rings. The molecule has 2 heterocycles. The zero-order valence-corrected chi connectivity index (χ0v) is 16.3. The molecule has 26 heavy (non-hydrogen) atoms. The summed E-state index contributed by atoms with van der Waals surface area (Å²) in [6.45, 7) is 4.46. The number of rotatable bonds is 4. The zero-order valence-electron chi connectivity index (χ0n) is 15.5. The van der Waals surface area contributed by atoms with E-state index in [-0.39, 0.29) is 5.54 Å². The van der Waals surface area contributed by atoms with Crippen LogP contribution in [0, 0.1) is 0 Å². The molecule has 0 spiro atoms. The van der Waals surface area contributed by atoms with E-state index in [0.29, 0.717) is 5.96 Å². The Morgan fingerprint density at radius 1 is 1.27 bits per heavy atom. The molecule has 6 heteroatoms. The van der Waals surface area contributed by atoms with Crippen molar-refractivity contribution in [2.24, 2.45) is 10.7 Å². The molecule has 3 aliphatic rings. The summed E-state index contributed by atoms with van der Waals surface area (Å²) in [4.78, 5) is 7.37. The molecule has 142 valence electrons.